The normalized spacial score (nSPS) is 13.3. The van der Waals surface area contributed by atoms with Crippen molar-refractivity contribution in [1.82, 2.24) is 0 Å². The Kier molecular flexibility index (Phi) is 5.82. The summed E-state index contributed by atoms with van der Waals surface area (Å²) in [5, 5.41) is 9.80. The molecule has 1 heterocycles. The Morgan fingerprint density at radius 1 is 0.413 bits per heavy atom. The number of rotatable bonds is 3. The summed E-state index contributed by atoms with van der Waals surface area (Å²) in [5.74, 6) is 0. The molecule has 9 rings (SSSR count). The molecule has 0 saturated carbocycles. The molecule has 0 atom stereocenters. The summed E-state index contributed by atoms with van der Waals surface area (Å²) in [6.45, 7) is 0. The van der Waals surface area contributed by atoms with Crippen LogP contribution in [0.4, 0.5) is 17.1 Å². The number of fused-ring (bicyclic) bond motifs is 9. The minimum absolute atomic E-state index is 0.495. The van der Waals surface area contributed by atoms with E-state index < -0.39 is 5.41 Å². The van der Waals surface area contributed by atoms with Crippen molar-refractivity contribution in [3.63, 3.8) is 0 Å². The van der Waals surface area contributed by atoms with Crippen LogP contribution in [0.15, 0.2) is 170 Å². The lowest BCUT2D eigenvalue weighted by molar-refractivity contribution is 0.753. The average Bonchev–Trinajstić information content (AvgIpc) is 3.42. The van der Waals surface area contributed by atoms with E-state index >= 15 is 0 Å². The quantitative estimate of drug-likeness (QED) is 0.207. The van der Waals surface area contributed by atoms with Crippen molar-refractivity contribution in [3.8, 4) is 39.4 Å². The zero-order valence-corrected chi connectivity index (χ0v) is 25.1. The fourth-order valence-corrected chi connectivity index (χ4v) is 7.84. The third-order valence-electron chi connectivity index (χ3n) is 9.71. The number of nitriles is 1. The minimum Gasteiger partial charge on any atom is -0.310 e. The van der Waals surface area contributed by atoms with Crippen LogP contribution in [0.5, 0.6) is 0 Å². The Labute approximate surface area is 269 Å². The van der Waals surface area contributed by atoms with Gasteiger partial charge >= 0.3 is 0 Å². The lowest BCUT2D eigenvalue weighted by atomic mass is 9.64. The molecule has 0 bridgehead atoms. The molecule has 2 nitrogen and oxygen atoms in total. The van der Waals surface area contributed by atoms with Crippen molar-refractivity contribution < 1.29 is 0 Å². The van der Waals surface area contributed by atoms with Gasteiger partial charge in [-0.25, -0.2) is 0 Å². The molecule has 1 spiro atoms. The maximum absolute atomic E-state index is 9.80. The van der Waals surface area contributed by atoms with Crippen molar-refractivity contribution in [2.24, 2.45) is 0 Å². The molecule has 2 heteroatoms. The van der Waals surface area contributed by atoms with Gasteiger partial charge in [0.05, 0.1) is 28.4 Å². The van der Waals surface area contributed by atoms with Crippen molar-refractivity contribution in [3.05, 3.63) is 198 Å². The summed E-state index contributed by atoms with van der Waals surface area (Å²) in [6.07, 6.45) is 0. The summed E-state index contributed by atoms with van der Waals surface area (Å²) >= 11 is 0. The standard InChI is InChI=1S/C44H28N2/c45-29-33-13-4-5-18-35(33)32-15-12-14-30(27-32)31-25-26-37-36-19-6-7-20-38(36)44(41(37)28-31)39-21-8-10-23-42(39)46(34-16-2-1-3-17-34)43-24-11-9-22-40(43)44/h1-28H. The number of hydrogen-bond acceptors (Lipinski definition) is 2. The largest absolute Gasteiger partial charge is 0.310 e. The molecule has 0 radical (unpaired) electrons. The number of anilines is 3. The van der Waals surface area contributed by atoms with E-state index in [9.17, 15) is 5.26 Å². The van der Waals surface area contributed by atoms with Crippen LogP contribution in [0.1, 0.15) is 27.8 Å². The number of nitrogens with zero attached hydrogens (tertiary/aromatic N) is 2. The maximum atomic E-state index is 9.80. The second-order valence-electron chi connectivity index (χ2n) is 12.0. The Balaban J connectivity index is 1.32. The average molecular weight is 585 g/mol. The maximum Gasteiger partial charge on any atom is 0.0998 e. The van der Waals surface area contributed by atoms with Crippen LogP contribution in [0.2, 0.25) is 0 Å². The van der Waals surface area contributed by atoms with Gasteiger partial charge in [0.25, 0.3) is 0 Å². The Bertz CT molecular complexity index is 2300. The summed E-state index contributed by atoms with van der Waals surface area (Å²) in [4.78, 5) is 2.41. The second kappa shape index (κ2) is 10.2. The first-order valence-corrected chi connectivity index (χ1v) is 15.7. The fraction of sp³-hybridized carbons (Fsp3) is 0.0227. The Morgan fingerprint density at radius 3 is 1.72 bits per heavy atom. The molecule has 0 aromatic heterocycles. The van der Waals surface area contributed by atoms with Gasteiger partial charge in [0.2, 0.25) is 0 Å². The van der Waals surface area contributed by atoms with Crippen molar-refractivity contribution in [1.29, 1.82) is 5.26 Å². The number of hydrogen-bond donors (Lipinski definition) is 0. The van der Waals surface area contributed by atoms with E-state index in [0.717, 1.165) is 27.9 Å². The Morgan fingerprint density at radius 2 is 0.978 bits per heavy atom. The van der Waals surface area contributed by atoms with Crippen LogP contribution in [0, 0.1) is 11.3 Å². The van der Waals surface area contributed by atoms with Crippen LogP contribution < -0.4 is 4.90 Å². The molecule has 0 amide bonds. The monoisotopic (exact) mass is 584 g/mol. The van der Waals surface area contributed by atoms with E-state index in [4.69, 9.17) is 0 Å². The van der Waals surface area contributed by atoms with E-state index in [2.05, 4.69) is 157 Å². The second-order valence-corrected chi connectivity index (χ2v) is 12.0. The van der Waals surface area contributed by atoms with Gasteiger partial charge in [-0.3, -0.25) is 0 Å². The first-order chi connectivity index (χ1) is 22.8. The fourth-order valence-electron chi connectivity index (χ4n) is 7.84. The SMILES string of the molecule is N#Cc1ccccc1-c1cccc(-c2ccc3c(c2)C2(c4ccccc4-3)c3ccccc3N(c3ccccc3)c3ccccc32)c1. The van der Waals surface area contributed by atoms with Gasteiger partial charge < -0.3 is 4.90 Å². The van der Waals surface area contributed by atoms with Gasteiger partial charge in [-0.2, -0.15) is 5.26 Å². The highest BCUT2D eigenvalue weighted by Gasteiger charge is 2.51. The molecule has 0 saturated heterocycles. The zero-order chi connectivity index (χ0) is 30.7. The smallest absolute Gasteiger partial charge is 0.0998 e. The van der Waals surface area contributed by atoms with E-state index in [1.165, 1.54) is 44.8 Å². The summed E-state index contributed by atoms with van der Waals surface area (Å²) in [6, 6.07) is 63.2. The highest BCUT2D eigenvalue weighted by molar-refractivity contribution is 5.96. The molecule has 0 unspecified atom stereocenters. The molecular weight excluding hydrogens is 556 g/mol. The number of benzene rings is 7. The van der Waals surface area contributed by atoms with Gasteiger partial charge in [0.15, 0.2) is 0 Å². The van der Waals surface area contributed by atoms with Gasteiger partial charge in [-0.1, -0.05) is 127 Å². The lowest BCUT2D eigenvalue weighted by Gasteiger charge is -2.45. The predicted molar refractivity (Wildman–Crippen MR) is 188 cm³/mol. The molecule has 2 aliphatic rings. The first kappa shape index (κ1) is 26.3. The van der Waals surface area contributed by atoms with E-state index in [-0.39, 0.29) is 0 Å². The highest BCUT2D eigenvalue weighted by atomic mass is 15.2. The van der Waals surface area contributed by atoms with Gasteiger partial charge in [-0.05, 0) is 98.1 Å². The molecule has 46 heavy (non-hydrogen) atoms. The minimum atomic E-state index is -0.495. The molecule has 214 valence electrons. The van der Waals surface area contributed by atoms with Crippen molar-refractivity contribution in [2.75, 3.05) is 4.90 Å². The molecular formula is C44H28N2. The zero-order valence-electron chi connectivity index (χ0n) is 25.1. The topological polar surface area (TPSA) is 27.0 Å². The van der Waals surface area contributed by atoms with Crippen molar-refractivity contribution >= 4 is 17.1 Å². The molecule has 1 aliphatic carbocycles. The van der Waals surface area contributed by atoms with Gasteiger partial charge in [0, 0.05) is 5.69 Å². The highest BCUT2D eigenvalue weighted by Crippen LogP contribution is 2.63. The van der Waals surface area contributed by atoms with E-state index in [0.29, 0.717) is 5.56 Å². The van der Waals surface area contributed by atoms with Crippen LogP contribution in [-0.4, -0.2) is 0 Å². The van der Waals surface area contributed by atoms with E-state index in [1.54, 1.807) is 0 Å². The van der Waals surface area contributed by atoms with Gasteiger partial charge in [-0.15, -0.1) is 0 Å². The van der Waals surface area contributed by atoms with Crippen LogP contribution in [0.3, 0.4) is 0 Å². The van der Waals surface area contributed by atoms with Crippen LogP contribution in [-0.2, 0) is 5.41 Å². The molecule has 7 aromatic carbocycles. The first-order valence-electron chi connectivity index (χ1n) is 15.7. The molecule has 0 fully saturated rings. The van der Waals surface area contributed by atoms with Crippen LogP contribution in [0.25, 0.3) is 33.4 Å². The van der Waals surface area contributed by atoms with Crippen LogP contribution >= 0.6 is 0 Å². The third-order valence-corrected chi connectivity index (χ3v) is 9.71. The lowest BCUT2D eigenvalue weighted by Crippen LogP contribution is -2.36. The van der Waals surface area contributed by atoms with Crippen molar-refractivity contribution in [2.45, 2.75) is 5.41 Å². The summed E-state index contributed by atoms with van der Waals surface area (Å²) in [7, 11) is 0. The van der Waals surface area contributed by atoms with Gasteiger partial charge in [0.1, 0.15) is 0 Å². The molecule has 0 N–H and O–H groups in total. The predicted octanol–water partition coefficient (Wildman–Crippen LogP) is 11.0. The summed E-state index contributed by atoms with van der Waals surface area (Å²) < 4.78 is 0. The molecule has 1 aliphatic heterocycles. The Hall–Kier alpha value is -6.17. The molecule has 7 aromatic rings. The summed E-state index contributed by atoms with van der Waals surface area (Å²) in [5.41, 5.74) is 15.7. The number of para-hydroxylation sites is 3. The van der Waals surface area contributed by atoms with E-state index in [1.807, 2.05) is 24.3 Å². The third kappa shape index (κ3) is 3.63.